The number of carboxylic acid groups (broad SMARTS) is 1. The molecule has 5 heteroatoms. The van der Waals surface area contributed by atoms with Crippen LogP contribution in [0.15, 0.2) is 0 Å². The summed E-state index contributed by atoms with van der Waals surface area (Å²) in [5.74, 6) is -0.604. The van der Waals surface area contributed by atoms with Crippen molar-refractivity contribution in [2.75, 3.05) is 40.0 Å². The summed E-state index contributed by atoms with van der Waals surface area (Å²) in [4.78, 5) is 13.2. The SMILES string of the molecule is CN(CC1CCCOC1)C1COCC1C(=O)O. The van der Waals surface area contributed by atoms with E-state index in [9.17, 15) is 4.79 Å². The molecule has 0 aromatic rings. The second-order valence-corrected chi connectivity index (χ2v) is 5.07. The van der Waals surface area contributed by atoms with Gasteiger partial charge in [-0.3, -0.25) is 9.69 Å². The molecule has 0 saturated carbocycles. The van der Waals surface area contributed by atoms with Crippen LogP contribution in [0.1, 0.15) is 12.8 Å². The van der Waals surface area contributed by atoms with Gasteiger partial charge in [-0.1, -0.05) is 0 Å². The van der Waals surface area contributed by atoms with E-state index < -0.39 is 5.97 Å². The smallest absolute Gasteiger partial charge is 0.310 e. The average molecular weight is 243 g/mol. The van der Waals surface area contributed by atoms with E-state index in [0.29, 0.717) is 19.1 Å². The summed E-state index contributed by atoms with van der Waals surface area (Å²) < 4.78 is 10.7. The van der Waals surface area contributed by atoms with E-state index in [4.69, 9.17) is 14.6 Å². The lowest BCUT2D eigenvalue weighted by atomic mass is 9.98. The van der Waals surface area contributed by atoms with Crippen LogP contribution in [0.2, 0.25) is 0 Å². The zero-order valence-electron chi connectivity index (χ0n) is 10.3. The molecule has 2 aliphatic heterocycles. The van der Waals surface area contributed by atoms with E-state index >= 15 is 0 Å². The van der Waals surface area contributed by atoms with Gasteiger partial charge >= 0.3 is 5.97 Å². The highest BCUT2D eigenvalue weighted by Crippen LogP contribution is 2.22. The largest absolute Gasteiger partial charge is 0.481 e. The molecular weight excluding hydrogens is 222 g/mol. The molecule has 2 saturated heterocycles. The van der Waals surface area contributed by atoms with Crippen molar-refractivity contribution < 1.29 is 19.4 Å². The van der Waals surface area contributed by atoms with Gasteiger partial charge in [-0.25, -0.2) is 0 Å². The molecule has 17 heavy (non-hydrogen) atoms. The zero-order chi connectivity index (χ0) is 12.3. The molecule has 0 aliphatic carbocycles. The number of likely N-dealkylation sites (N-methyl/N-ethyl adjacent to an activating group) is 1. The molecule has 3 unspecified atom stereocenters. The number of hydrogen-bond acceptors (Lipinski definition) is 4. The van der Waals surface area contributed by atoms with Gasteiger partial charge in [-0.05, 0) is 25.8 Å². The topological polar surface area (TPSA) is 59.0 Å². The van der Waals surface area contributed by atoms with Crippen LogP contribution in [0, 0.1) is 11.8 Å². The van der Waals surface area contributed by atoms with Crippen molar-refractivity contribution in [3.05, 3.63) is 0 Å². The molecule has 0 amide bonds. The Balaban J connectivity index is 1.85. The maximum atomic E-state index is 11.1. The standard InChI is InChI=1S/C12H21NO4/c1-13(5-9-3-2-4-16-6-9)11-8-17-7-10(11)12(14)15/h9-11H,2-8H2,1H3,(H,14,15). The predicted molar refractivity (Wildman–Crippen MR) is 61.9 cm³/mol. The fraction of sp³-hybridized carbons (Fsp3) is 0.917. The fourth-order valence-electron chi connectivity index (χ4n) is 2.71. The van der Waals surface area contributed by atoms with Gasteiger partial charge in [0.2, 0.25) is 0 Å². The van der Waals surface area contributed by atoms with Gasteiger partial charge in [-0.2, -0.15) is 0 Å². The first kappa shape index (κ1) is 12.8. The molecule has 1 N–H and O–H groups in total. The first-order valence-corrected chi connectivity index (χ1v) is 6.27. The molecule has 0 spiro atoms. The van der Waals surface area contributed by atoms with Crippen LogP contribution in [0.3, 0.4) is 0 Å². The van der Waals surface area contributed by atoms with Gasteiger partial charge in [0.15, 0.2) is 0 Å². The molecule has 0 aromatic carbocycles. The Morgan fingerprint density at radius 1 is 1.35 bits per heavy atom. The number of nitrogens with zero attached hydrogens (tertiary/aromatic N) is 1. The minimum atomic E-state index is -0.751. The molecular formula is C12H21NO4. The van der Waals surface area contributed by atoms with Crippen molar-refractivity contribution >= 4 is 5.97 Å². The minimum absolute atomic E-state index is 0.00873. The quantitative estimate of drug-likeness (QED) is 0.776. The van der Waals surface area contributed by atoms with Crippen molar-refractivity contribution in [1.82, 2.24) is 4.90 Å². The number of aliphatic carboxylic acids is 1. The number of carboxylic acids is 1. The Morgan fingerprint density at radius 2 is 2.18 bits per heavy atom. The maximum absolute atomic E-state index is 11.1. The Bertz CT molecular complexity index is 265. The molecule has 2 aliphatic rings. The molecule has 2 heterocycles. The van der Waals surface area contributed by atoms with Crippen molar-refractivity contribution in [2.24, 2.45) is 11.8 Å². The van der Waals surface area contributed by atoms with E-state index in [2.05, 4.69) is 4.90 Å². The highest BCUT2D eigenvalue weighted by Gasteiger charge is 2.37. The molecule has 2 fully saturated rings. The molecule has 5 nitrogen and oxygen atoms in total. The third kappa shape index (κ3) is 3.18. The van der Waals surface area contributed by atoms with Gasteiger partial charge in [0.05, 0.1) is 25.7 Å². The van der Waals surface area contributed by atoms with Gasteiger partial charge in [0.25, 0.3) is 0 Å². The first-order valence-electron chi connectivity index (χ1n) is 6.27. The normalized spacial score (nSPS) is 34.1. The number of rotatable bonds is 4. The molecule has 98 valence electrons. The lowest BCUT2D eigenvalue weighted by Gasteiger charge is -2.31. The van der Waals surface area contributed by atoms with Crippen molar-refractivity contribution in [3.8, 4) is 0 Å². The van der Waals surface area contributed by atoms with E-state index in [1.807, 2.05) is 7.05 Å². The summed E-state index contributed by atoms with van der Waals surface area (Å²) in [6.45, 7) is 3.44. The van der Waals surface area contributed by atoms with Crippen molar-refractivity contribution in [3.63, 3.8) is 0 Å². The Morgan fingerprint density at radius 3 is 2.82 bits per heavy atom. The molecule has 2 rings (SSSR count). The van der Waals surface area contributed by atoms with Crippen LogP contribution < -0.4 is 0 Å². The van der Waals surface area contributed by atoms with Gasteiger partial charge < -0.3 is 14.6 Å². The van der Waals surface area contributed by atoms with Gasteiger partial charge in [0.1, 0.15) is 0 Å². The highest BCUT2D eigenvalue weighted by atomic mass is 16.5. The lowest BCUT2D eigenvalue weighted by Crippen LogP contribution is -2.44. The monoisotopic (exact) mass is 243 g/mol. The molecule has 0 bridgehead atoms. The van der Waals surface area contributed by atoms with Gasteiger partial charge in [-0.15, -0.1) is 0 Å². The number of carbonyl (C=O) groups is 1. The van der Waals surface area contributed by atoms with Crippen LogP contribution in [0.4, 0.5) is 0 Å². The number of hydrogen-bond donors (Lipinski definition) is 1. The summed E-state index contributed by atoms with van der Waals surface area (Å²) >= 11 is 0. The Labute approximate surface area is 102 Å². The summed E-state index contributed by atoms with van der Waals surface area (Å²) in [5, 5.41) is 9.11. The van der Waals surface area contributed by atoms with Crippen LogP contribution in [0.5, 0.6) is 0 Å². The van der Waals surface area contributed by atoms with Crippen LogP contribution in [-0.4, -0.2) is 62.0 Å². The second kappa shape index (κ2) is 5.80. The lowest BCUT2D eigenvalue weighted by molar-refractivity contribution is -0.143. The fourth-order valence-corrected chi connectivity index (χ4v) is 2.71. The maximum Gasteiger partial charge on any atom is 0.310 e. The van der Waals surface area contributed by atoms with E-state index in [-0.39, 0.29) is 12.0 Å². The molecule has 0 aromatic heterocycles. The molecule has 0 radical (unpaired) electrons. The summed E-state index contributed by atoms with van der Waals surface area (Å²) in [7, 11) is 1.99. The highest BCUT2D eigenvalue weighted by molar-refractivity contribution is 5.71. The molecule has 3 atom stereocenters. The Hall–Kier alpha value is -0.650. The van der Waals surface area contributed by atoms with Crippen molar-refractivity contribution in [1.29, 1.82) is 0 Å². The van der Waals surface area contributed by atoms with Crippen LogP contribution in [0.25, 0.3) is 0 Å². The second-order valence-electron chi connectivity index (χ2n) is 5.07. The third-order valence-electron chi connectivity index (χ3n) is 3.73. The van der Waals surface area contributed by atoms with E-state index in [1.54, 1.807) is 0 Å². The number of ether oxygens (including phenoxy) is 2. The first-order chi connectivity index (χ1) is 8.18. The zero-order valence-corrected chi connectivity index (χ0v) is 10.3. The Kier molecular flexibility index (Phi) is 4.36. The van der Waals surface area contributed by atoms with Crippen LogP contribution in [-0.2, 0) is 14.3 Å². The van der Waals surface area contributed by atoms with E-state index in [0.717, 1.165) is 26.2 Å². The van der Waals surface area contributed by atoms with E-state index in [1.165, 1.54) is 6.42 Å². The van der Waals surface area contributed by atoms with Crippen LogP contribution >= 0.6 is 0 Å². The van der Waals surface area contributed by atoms with Crippen molar-refractivity contribution in [2.45, 2.75) is 18.9 Å². The minimum Gasteiger partial charge on any atom is -0.481 e. The summed E-state index contributed by atoms with van der Waals surface area (Å²) in [5.41, 5.74) is 0. The third-order valence-corrected chi connectivity index (χ3v) is 3.73. The predicted octanol–water partition coefficient (Wildman–Crippen LogP) is 0.444. The summed E-state index contributed by atoms with van der Waals surface area (Å²) in [6.07, 6.45) is 2.29. The average Bonchev–Trinajstić information content (AvgIpc) is 2.79. The summed E-state index contributed by atoms with van der Waals surface area (Å²) in [6, 6.07) is 0.00873. The van der Waals surface area contributed by atoms with Gasteiger partial charge in [0, 0.05) is 19.2 Å².